The van der Waals surface area contributed by atoms with Crippen LogP contribution in [0.5, 0.6) is 0 Å². The van der Waals surface area contributed by atoms with Crippen LogP contribution in [0.25, 0.3) is 11.3 Å². The van der Waals surface area contributed by atoms with Crippen molar-refractivity contribution in [1.29, 1.82) is 0 Å². The Morgan fingerprint density at radius 1 is 0.900 bits per heavy atom. The third-order valence-corrected chi connectivity index (χ3v) is 5.96. The van der Waals surface area contributed by atoms with E-state index in [0.29, 0.717) is 5.56 Å². The Kier molecular flexibility index (Phi) is 5.25. The molecular formula is C24H22ClN3O2. The molecule has 0 N–H and O–H groups in total. The summed E-state index contributed by atoms with van der Waals surface area (Å²) in [5, 5.41) is 0.727. The van der Waals surface area contributed by atoms with Gasteiger partial charge in [-0.3, -0.25) is 14.6 Å². The molecule has 30 heavy (non-hydrogen) atoms. The summed E-state index contributed by atoms with van der Waals surface area (Å²) < 4.78 is 6.05. The summed E-state index contributed by atoms with van der Waals surface area (Å²) >= 11 is 5.97. The molecule has 0 spiro atoms. The lowest BCUT2D eigenvalue weighted by Gasteiger charge is -2.34. The monoisotopic (exact) mass is 419 g/mol. The maximum atomic E-state index is 11.6. The molecule has 1 amide bonds. The van der Waals surface area contributed by atoms with Gasteiger partial charge in [0.1, 0.15) is 11.5 Å². The zero-order chi connectivity index (χ0) is 20.5. The highest BCUT2D eigenvalue weighted by molar-refractivity contribution is 6.30. The number of halogens is 1. The van der Waals surface area contributed by atoms with Gasteiger partial charge in [0.15, 0.2) is 0 Å². The summed E-state index contributed by atoms with van der Waals surface area (Å²) in [5.74, 6) is 1.72. The molecule has 5 nitrogen and oxygen atoms in total. The van der Waals surface area contributed by atoms with Crippen molar-refractivity contribution in [3.8, 4) is 11.3 Å². The van der Waals surface area contributed by atoms with E-state index in [1.807, 2.05) is 42.5 Å². The summed E-state index contributed by atoms with van der Waals surface area (Å²) in [6.07, 6.45) is 1.67. The van der Waals surface area contributed by atoms with E-state index in [9.17, 15) is 4.79 Å². The summed E-state index contributed by atoms with van der Waals surface area (Å²) in [7, 11) is 0. The van der Waals surface area contributed by atoms with E-state index in [4.69, 9.17) is 16.0 Å². The lowest BCUT2D eigenvalue weighted by atomic mass is 10.1. The van der Waals surface area contributed by atoms with E-state index in [-0.39, 0.29) is 5.91 Å². The van der Waals surface area contributed by atoms with Crippen LogP contribution in [-0.2, 0) is 13.1 Å². The summed E-state index contributed by atoms with van der Waals surface area (Å²) in [6, 6.07) is 17.8. The third-order valence-electron chi connectivity index (χ3n) is 5.71. The average Bonchev–Trinajstić information content (AvgIpc) is 3.37. The summed E-state index contributed by atoms with van der Waals surface area (Å²) in [5.41, 5.74) is 3.91. The second-order valence-electron chi connectivity index (χ2n) is 7.81. The molecule has 3 aromatic rings. The number of rotatable bonds is 5. The van der Waals surface area contributed by atoms with Crippen molar-refractivity contribution < 1.29 is 9.21 Å². The molecule has 1 aromatic heterocycles. The summed E-state index contributed by atoms with van der Waals surface area (Å²) in [4.78, 5) is 20.4. The van der Waals surface area contributed by atoms with Crippen LogP contribution < -0.4 is 0 Å². The zero-order valence-electron chi connectivity index (χ0n) is 16.6. The minimum absolute atomic E-state index is 0.137. The minimum atomic E-state index is -0.137. The van der Waals surface area contributed by atoms with Gasteiger partial charge in [-0.05, 0) is 54.1 Å². The Morgan fingerprint density at radius 3 is 2.40 bits per heavy atom. The number of benzene rings is 2. The number of hydrogen-bond acceptors (Lipinski definition) is 4. The molecule has 0 atom stereocenters. The van der Waals surface area contributed by atoms with Crippen LogP contribution in [0.1, 0.15) is 27.2 Å². The number of carbonyl (C=O) groups is 1. The molecule has 0 aliphatic carbocycles. The van der Waals surface area contributed by atoms with E-state index in [0.717, 1.165) is 66.9 Å². The van der Waals surface area contributed by atoms with Gasteiger partial charge in [0.25, 0.3) is 5.91 Å². The molecule has 5 rings (SSSR count). The number of hydrogen-bond donors (Lipinski definition) is 0. The van der Waals surface area contributed by atoms with Crippen molar-refractivity contribution in [1.82, 2.24) is 9.80 Å². The number of piperazine rings is 1. The molecule has 1 saturated heterocycles. The Balaban J connectivity index is 1.15. The highest BCUT2D eigenvalue weighted by Gasteiger charge is 2.20. The second-order valence-corrected chi connectivity index (χ2v) is 8.25. The van der Waals surface area contributed by atoms with E-state index >= 15 is 0 Å². The number of carbonyl (C=O) groups excluding carboxylic acids is 1. The molecule has 6 heteroatoms. The van der Waals surface area contributed by atoms with Crippen LogP contribution in [0, 0.1) is 0 Å². The van der Waals surface area contributed by atoms with Crippen LogP contribution in [0.2, 0.25) is 5.02 Å². The first-order chi connectivity index (χ1) is 14.6. The van der Waals surface area contributed by atoms with Gasteiger partial charge in [0.2, 0.25) is 0 Å². The van der Waals surface area contributed by atoms with Gasteiger partial charge in [0.05, 0.1) is 12.1 Å². The fourth-order valence-electron chi connectivity index (χ4n) is 4.03. The fraction of sp³-hybridized carbons (Fsp3) is 0.250. The minimum Gasteiger partial charge on any atom is -0.460 e. The zero-order valence-corrected chi connectivity index (χ0v) is 17.3. The van der Waals surface area contributed by atoms with Crippen LogP contribution >= 0.6 is 11.6 Å². The van der Waals surface area contributed by atoms with Crippen molar-refractivity contribution in [2.75, 3.05) is 26.2 Å². The number of aliphatic imine (C=N–C) groups is 1. The average molecular weight is 420 g/mol. The molecule has 3 heterocycles. The molecule has 0 bridgehead atoms. The van der Waals surface area contributed by atoms with Gasteiger partial charge in [-0.2, -0.15) is 0 Å². The second kappa shape index (κ2) is 8.19. The molecule has 2 aliphatic rings. The smallest absolute Gasteiger partial charge is 0.277 e. The van der Waals surface area contributed by atoms with Crippen molar-refractivity contribution >= 4 is 23.7 Å². The van der Waals surface area contributed by atoms with E-state index < -0.39 is 0 Å². The van der Waals surface area contributed by atoms with Gasteiger partial charge in [-0.25, -0.2) is 4.99 Å². The van der Waals surface area contributed by atoms with E-state index in [2.05, 4.69) is 26.9 Å². The highest BCUT2D eigenvalue weighted by Crippen LogP contribution is 2.25. The molecule has 2 aliphatic heterocycles. The first-order valence-electron chi connectivity index (χ1n) is 10.1. The molecular weight excluding hydrogens is 398 g/mol. The Morgan fingerprint density at radius 2 is 1.63 bits per heavy atom. The fourth-order valence-corrected chi connectivity index (χ4v) is 4.15. The molecule has 0 unspecified atom stereocenters. The first kappa shape index (κ1) is 19.2. The van der Waals surface area contributed by atoms with E-state index in [1.54, 1.807) is 6.21 Å². The van der Waals surface area contributed by atoms with Crippen LogP contribution in [0.15, 0.2) is 64.0 Å². The van der Waals surface area contributed by atoms with Crippen molar-refractivity contribution in [2.45, 2.75) is 13.1 Å². The largest absolute Gasteiger partial charge is 0.460 e. The third kappa shape index (κ3) is 4.10. The first-order valence-corrected chi connectivity index (χ1v) is 10.5. The van der Waals surface area contributed by atoms with Crippen LogP contribution in [-0.4, -0.2) is 48.1 Å². The lowest BCUT2D eigenvalue weighted by molar-refractivity contribution is 0.101. The van der Waals surface area contributed by atoms with Gasteiger partial charge < -0.3 is 4.42 Å². The van der Waals surface area contributed by atoms with Crippen LogP contribution in [0.3, 0.4) is 0 Å². The summed E-state index contributed by atoms with van der Waals surface area (Å²) in [6.45, 7) is 5.73. The number of fused-ring (bicyclic) bond motifs is 1. The topological polar surface area (TPSA) is 49.1 Å². The lowest BCUT2D eigenvalue weighted by Crippen LogP contribution is -2.45. The quantitative estimate of drug-likeness (QED) is 0.611. The van der Waals surface area contributed by atoms with Gasteiger partial charge in [-0.15, -0.1) is 0 Å². The van der Waals surface area contributed by atoms with Gasteiger partial charge >= 0.3 is 0 Å². The molecule has 1 fully saturated rings. The Labute approximate surface area is 180 Å². The normalized spacial score (nSPS) is 16.9. The van der Waals surface area contributed by atoms with E-state index in [1.165, 1.54) is 5.56 Å². The van der Waals surface area contributed by atoms with Crippen molar-refractivity contribution in [3.63, 3.8) is 0 Å². The Bertz CT molecular complexity index is 1100. The van der Waals surface area contributed by atoms with Gasteiger partial charge in [0, 0.05) is 55.1 Å². The molecule has 0 saturated carbocycles. The predicted molar refractivity (Wildman–Crippen MR) is 118 cm³/mol. The SMILES string of the molecule is O=C1N=Cc2cc(CN3CCN(Cc4ccc(-c5ccc(Cl)cc5)o4)CC3)ccc21. The highest BCUT2D eigenvalue weighted by atomic mass is 35.5. The van der Waals surface area contributed by atoms with Crippen molar-refractivity contribution in [3.05, 3.63) is 82.1 Å². The van der Waals surface area contributed by atoms with Gasteiger partial charge in [-0.1, -0.05) is 17.7 Å². The molecule has 0 radical (unpaired) electrons. The molecule has 152 valence electrons. The predicted octanol–water partition coefficient (Wildman–Crippen LogP) is 4.49. The van der Waals surface area contributed by atoms with Crippen molar-refractivity contribution in [2.24, 2.45) is 4.99 Å². The Hall–Kier alpha value is -2.73. The number of furan rings is 1. The maximum absolute atomic E-state index is 11.6. The van der Waals surface area contributed by atoms with Crippen LogP contribution in [0.4, 0.5) is 0 Å². The number of amides is 1. The standard InChI is InChI=1S/C24H22ClN3O2/c25-20-4-2-18(3-5-20)23-8-6-21(30-23)16-28-11-9-27(10-12-28)15-17-1-7-22-19(13-17)14-26-24(22)29/h1-8,13-14H,9-12,15-16H2. The maximum Gasteiger partial charge on any atom is 0.277 e. The number of nitrogens with zero attached hydrogens (tertiary/aromatic N) is 3. The molecule has 2 aromatic carbocycles.